The molecule has 1 saturated heterocycles. The first kappa shape index (κ1) is 35.7. The number of esters is 2. The largest absolute Gasteiger partial charge is 0.462 e. The molecule has 10 heteroatoms. The summed E-state index contributed by atoms with van der Waals surface area (Å²) < 4.78 is 21.6. The van der Waals surface area contributed by atoms with Crippen LogP contribution < -0.4 is 0 Å². The van der Waals surface area contributed by atoms with Gasteiger partial charge in [-0.2, -0.15) is 0 Å². The highest BCUT2D eigenvalue weighted by Gasteiger charge is 2.44. The van der Waals surface area contributed by atoms with Gasteiger partial charge in [0, 0.05) is 12.8 Å². The van der Waals surface area contributed by atoms with Crippen molar-refractivity contribution in [3.05, 3.63) is 0 Å². The summed E-state index contributed by atoms with van der Waals surface area (Å²) in [4.78, 5) is 24.4. The van der Waals surface area contributed by atoms with Crippen LogP contribution in [-0.2, 0) is 28.5 Å². The van der Waals surface area contributed by atoms with Gasteiger partial charge in [-0.25, -0.2) is 0 Å². The Balaban J connectivity index is 2.39. The van der Waals surface area contributed by atoms with Gasteiger partial charge in [-0.3, -0.25) is 9.59 Å². The highest BCUT2D eigenvalue weighted by Crippen LogP contribution is 2.22. The van der Waals surface area contributed by atoms with Crippen molar-refractivity contribution in [1.29, 1.82) is 0 Å². The molecule has 6 unspecified atom stereocenters. The Morgan fingerprint density at radius 3 is 1.79 bits per heavy atom. The third-order valence-corrected chi connectivity index (χ3v) is 6.99. The average Bonchev–Trinajstić information content (AvgIpc) is 2.93. The van der Waals surface area contributed by atoms with E-state index in [2.05, 4.69) is 6.92 Å². The number of ether oxygens (including phenoxy) is 4. The molecule has 1 aliphatic rings. The first-order valence-corrected chi connectivity index (χ1v) is 15.1. The van der Waals surface area contributed by atoms with Gasteiger partial charge in [0.1, 0.15) is 31.0 Å². The van der Waals surface area contributed by atoms with E-state index in [-0.39, 0.29) is 26.1 Å². The summed E-state index contributed by atoms with van der Waals surface area (Å²) in [6, 6.07) is 0. The van der Waals surface area contributed by atoms with Gasteiger partial charge in [0.2, 0.25) is 0 Å². The molecule has 0 bridgehead atoms. The summed E-state index contributed by atoms with van der Waals surface area (Å²) in [5, 5.41) is 39.4. The van der Waals surface area contributed by atoms with Crippen molar-refractivity contribution in [3.8, 4) is 0 Å². The Morgan fingerprint density at radius 2 is 1.23 bits per heavy atom. The van der Waals surface area contributed by atoms with Crippen molar-refractivity contribution in [1.82, 2.24) is 0 Å². The van der Waals surface area contributed by atoms with E-state index in [9.17, 15) is 30.0 Å². The molecule has 0 aromatic rings. The standard InChI is InChI=1S/C29H54O10/c1-3-5-7-8-9-10-11-12-13-14-15-16-18-25(32)38-22(20-36-24(31)17-6-4-2)21-37-29-28(35)27(34)26(33)23(19-30)39-29/h22-23,26-30,33-35H,3-21H2,1-2H3. The zero-order chi connectivity index (χ0) is 28.9. The molecule has 0 spiro atoms. The van der Waals surface area contributed by atoms with Gasteiger partial charge in [-0.1, -0.05) is 90.9 Å². The van der Waals surface area contributed by atoms with Crippen LogP contribution in [0, 0.1) is 0 Å². The number of unbranched alkanes of at least 4 members (excludes halogenated alkanes) is 12. The van der Waals surface area contributed by atoms with Gasteiger partial charge < -0.3 is 39.4 Å². The highest BCUT2D eigenvalue weighted by molar-refractivity contribution is 5.70. The molecule has 39 heavy (non-hydrogen) atoms. The Bertz CT molecular complexity index is 629. The minimum absolute atomic E-state index is 0.218. The molecule has 10 nitrogen and oxygen atoms in total. The maximum absolute atomic E-state index is 12.5. The number of carbonyl (C=O) groups excluding carboxylic acids is 2. The molecule has 0 aromatic heterocycles. The summed E-state index contributed by atoms with van der Waals surface area (Å²) in [5.41, 5.74) is 0. The molecule has 1 rings (SSSR count). The molecular formula is C29H54O10. The van der Waals surface area contributed by atoms with Gasteiger partial charge in [0.25, 0.3) is 0 Å². The predicted molar refractivity (Wildman–Crippen MR) is 146 cm³/mol. The molecule has 0 aromatic carbocycles. The summed E-state index contributed by atoms with van der Waals surface area (Å²) >= 11 is 0. The van der Waals surface area contributed by atoms with Gasteiger partial charge in [-0.05, 0) is 12.8 Å². The zero-order valence-electron chi connectivity index (χ0n) is 24.1. The fourth-order valence-electron chi connectivity index (χ4n) is 4.46. The van der Waals surface area contributed by atoms with E-state index < -0.39 is 55.4 Å². The van der Waals surface area contributed by atoms with E-state index in [0.717, 1.165) is 25.7 Å². The van der Waals surface area contributed by atoms with E-state index in [1.165, 1.54) is 51.4 Å². The maximum atomic E-state index is 12.5. The Labute approximate surface area is 234 Å². The summed E-state index contributed by atoms with van der Waals surface area (Å²) in [6.07, 6.45) is 8.18. The normalized spacial score (nSPS) is 23.9. The second-order valence-electron chi connectivity index (χ2n) is 10.6. The van der Waals surface area contributed by atoms with Crippen LogP contribution >= 0.6 is 0 Å². The molecule has 0 saturated carbocycles. The number of rotatable bonds is 23. The lowest BCUT2D eigenvalue weighted by atomic mass is 9.99. The van der Waals surface area contributed by atoms with Crippen molar-refractivity contribution in [3.63, 3.8) is 0 Å². The number of carbonyl (C=O) groups is 2. The lowest BCUT2D eigenvalue weighted by molar-refractivity contribution is -0.305. The Morgan fingerprint density at radius 1 is 0.692 bits per heavy atom. The number of aliphatic hydroxyl groups excluding tert-OH is 4. The molecule has 0 aliphatic carbocycles. The van der Waals surface area contributed by atoms with E-state index in [1.807, 2.05) is 6.92 Å². The van der Waals surface area contributed by atoms with Gasteiger partial charge in [0.15, 0.2) is 12.4 Å². The number of aliphatic hydroxyl groups is 4. The monoisotopic (exact) mass is 562 g/mol. The number of hydrogen-bond donors (Lipinski definition) is 4. The van der Waals surface area contributed by atoms with Crippen LogP contribution in [0.4, 0.5) is 0 Å². The van der Waals surface area contributed by atoms with Crippen molar-refractivity contribution in [2.75, 3.05) is 19.8 Å². The second-order valence-corrected chi connectivity index (χ2v) is 10.6. The lowest BCUT2D eigenvalue weighted by Gasteiger charge is -2.39. The smallest absolute Gasteiger partial charge is 0.306 e. The van der Waals surface area contributed by atoms with Crippen LogP contribution in [-0.4, -0.2) is 89.0 Å². The summed E-state index contributed by atoms with van der Waals surface area (Å²) in [6.45, 7) is 3.11. The van der Waals surface area contributed by atoms with Crippen molar-refractivity contribution < 1.29 is 49.0 Å². The first-order chi connectivity index (χ1) is 18.8. The van der Waals surface area contributed by atoms with Crippen LogP contribution in [0.3, 0.4) is 0 Å². The van der Waals surface area contributed by atoms with Gasteiger partial charge in [-0.15, -0.1) is 0 Å². The van der Waals surface area contributed by atoms with Crippen molar-refractivity contribution >= 4 is 11.9 Å². The predicted octanol–water partition coefficient (Wildman–Crippen LogP) is 3.54. The number of hydrogen-bond acceptors (Lipinski definition) is 10. The van der Waals surface area contributed by atoms with E-state index in [4.69, 9.17) is 18.9 Å². The minimum Gasteiger partial charge on any atom is -0.462 e. The molecule has 0 amide bonds. The molecule has 1 fully saturated rings. The topological polar surface area (TPSA) is 152 Å². The molecule has 230 valence electrons. The second kappa shape index (κ2) is 22.4. The van der Waals surface area contributed by atoms with Crippen LogP contribution in [0.15, 0.2) is 0 Å². The molecule has 0 radical (unpaired) electrons. The van der Waals surface area contributed by atoms with Crippen LogP contribution in [0.1, 0.15) is 117 Å². The van der Waals surface area contributed by atoms with Gasteiger partial charge in [0.05, 0.1) is 13.2 Å². The van der Waals surface area contributed by atoms with Crippen LogP contribution in [0.5, 0.6) is 0 Å². The first-order valence-electron chi connectivity index (χ1n) is 15.1. The quantitative estimate of drug-likeness (QED) is 0.107. The van der Waals surface area contributed by atoms with Crippen LogP contribution in [0.25, 0.3) is 0 Å². The zero-order valence-corrected chi connectivity index (χ0v) is 24.1. The minimum atomic E-state index is -1.58. The molecule has 1 aliphatic heterocycles. The van der Waals surface area contributed by atoms with Crippen LogP contribution in [0.2, 0.25) is 0 Å². The molecule has 4 N–H and O–H groups in total. The van der Waals surface area contributed by atoms with Gasteiger partial charge >= 0.3 is 11.9 Å². The summed E-state index contributed by atoms with van der Waals surface area (Å²) in [7, 11) is 0. The SMILES string of the molecule is CCCCCCCCCCCCCCC(=O)OC(COC(=O)CCCC)COC1OC(CO)C(O)C(O)C1O. The maximum Gasteiger partial charge on any atom is 0.306 e. The summed E-state index contributed by atoms with van der Waals surface area (Å²) in [5.74, 6) is -0.846. The molecular weight excluding hydrogens is 508 g/mol. The Kier molecular flexibility index (Phi) is 20.5. The molecule has 6 atom stereocenters. The fourth-order valence-corrected chi connectivity index (χ4v) is 4.46. The van der Waals surface area contributed by atoms with E-state index in [1.54, 1.807) is 0 Å². The van der Waals surface area contributed by atoms with Crippen molar-refractivity contribution in [2.24, 2.45) is 0 Å². The highest BCUT2D eigenvalue weighted by atomic mass is 16.7. The third-order valence-electron chi connectivity index (χ3n) is 6.99. The lowest BCUT2D eigenvalue weighted by Crippen LogP contribution is -2.59. The average molecular weight is 563 g/mol. The van der Waals surface area contributed by atoms with Crippen molar-refractivity contribution in [2.45, 2.75) is 153 Å². The fraction of sp³-hybridized carbons (Fsp3) is 0.931. The van der Waals surface area contributed by atoms with E-state index >= 15 is 0 Å². The molecule has 1 heterocycles. The third kappa shape index (κ3) is 15.9. The Hall–Kier alpha value is -1.30. The van der Waals surface area contributed by atoms with E-state index in [0.29, 0.717) is 12.8 Å².